The number of pyridine rings is 1. The molecule has 0 spiro atoms. The predicted octanol–water partition coefficient (Wildman–Crippen LogP) is 4.28. The first-order chi connectivity index (χ1) is 10.3. The number of para-hydroxylation sites is 1. The lowest BCUT2D eigenvalue weighted by molar-refractivity contribution is 0.467. The van der Waals surface area contributed by atoms with Crippen molar-refractivity contribution in [2.24, 2.45) is 0 Å². The Morgan fingerprint density at radius 2 is 1.57 bits per heavy atom. The lowest BCUT2D eigenvalue weighted by Crippen LogP contribution is -2.05. The van der Waals surface area contributed by atoms with Crippen LogP contribution in [0.25, 0.3) is 0 Å². The molecule has 21 heavy (non-hydrogen) atoms. The second-order valence-corrected chi connectivity index (χ2v) is 5.16. The molecule has 1 N–H and O–H groups in total. The third-order valence-corrected chi connectivity index (χ3v) is 3.64. The predicted molar refractivity (Wildman–Crippen MR) is 84.5 cm³/mol. The van der Waals surface area contributed by atoms with E-state index in [9.17, 15) is 5.11 Å². The number of aromatic hydroxyl groups is 1. The standard InChI is InChI=1S/C19H17NO/c1-14-9-11-15(12-10-14)19(17-7-4-5-13-20-17)16-6-2-3-8-18(16)21/h2-13,19,21H,1H3. The molecule has 0 radical (unpaired) electrons. The summed E-state index contributed by atoms with van der Waals surface area (Å²) in [6.45, 7) is 2.07. The molecule has 2 aromatic carbocycles. The molecule has 2 heteroatoms. The topological polar surface area (TPSA) is 33.1 Å². The fourth-order valence-corrected chi connectivity index (χ4v) is 2.55. The van der Waals surface area contributed by atoms with Crippen LogP contribution in [0.15, 0.2) is 72.9 Å². The van der Waals surface area contributed by atoms with Gasteiger partial charge in [0.2, 0.25) is 0 Å². The Labute approximate surface area is 124 Å². The zero-order valence-corrected chi connectivity index (χ0v) is 11.9. The van der Waals surface area contributed by atoms with E-state index in [1.807, 2.05) is 36.4 Å². The first-order valence-electron chi connectivity index (χ1n) is 7.01. The van der Waals surface area contributed by atoms with E-state index in [1.165, 1.54) is 5.56 Å². The van der Waals surface area contributed by atoms with Crippen molar-refractivity contribution < 1.29 is 5.11 Å². The molecular weight excluding hydrogens is 258 g/mol. The van der Waals surface area contributed by atoms with E-state index in [0.29, 0.717) is 5.75 Å². The van der Waals surface area contributed by atoms with Gasteiger partial charge in [-0.25, -0.2) is 0 Å². The van der Waals surface area contributed by atoms with Gasteiger partial charge in [-0.1, -0.05) is 54.1 Å². The van der Waals surface area contributed by atoms with E-state index in [2.05, 4.69) is 36.2 Å². The number of phenols is 1. The van der Waals surface area contributed by atoms with Crippen molar-refractivity contribution in [2.75, 3.05) is 0 Å². The summed E-state index contributed by atoms with van der Waals surface area (Å²) >= 11 is 0. The smallest absolute Gasteiger partial charge is 0.119 e. The van der Waals surface area contributed by atoms with Gasteiger partial charge in [-0.2, -0.15) is 0 Å². The van der Waals surface area contributed by atoms with E-state index in [0.717, 1.165) is 16.8 Å². The summed E-state index contributed by atoms with van der Waals surface area (Å²) in [6, 6.07) is 21.7. The highest BCUT2D eigenvalue weighted by Crippen LogP contribution is 2.35. The molecule has 0 saturated heterocycles. The molecule has 2 nitrogen and oxygen atoms in total. The van der Waals surface area contributed by atoms with Gasteiger partial charge in [0, 0.05) is 11.8 Å². The van der Waals surface area contributed by atoms with Gasteiger partial charge in [0.25, 0.3) is 0 Å². The summed E-state index contributed by atoms with van der Waals surface area (Å²) in [5.74, 6) is 0.238. The third-order valence-electron chi connectivity index (χ3n) is 3.64. The summed E-state index contributed by atoms with van der Waals surface area (Å²) in [6.07, 6.45) is 1.79. The largest absolute Gasteiger partial charge is 0.508 e. The first-order valence-corrected chi connectivity index (χ1v) is 7.01. The minimum Gasteiger partial charge on any atom is -0.508 e. The van der Waals surface area contributed by atoms with Crippen LogP contribution in [0.5, 0.6) is 5.75 Å². The highest BCUT2D eigenvalue weighted by atomic mass is 16.3. The number of hydrogen-bond acceptors (Lipinski definition) is 2. The lowest BCUT2D eigenvalue weighted by Gasteiger charge is -2.19. The molecule has 104 valence electrons. The van der Waals surface area contributed by atoms with Crippen molar-refractivity contribution >= 4 is 0 Å². The molecule has 1 unspecified atom stereocenters. The minimum atomic E-state index is -0.0620. The van der Waals surface area contributed by atoms with Crippen LogP contribution in [0.2, 0.25) is 0 Å². The molecule has 0 aliphatic carbocycles. The van der Waals surface area contributed by atoms with Crippen molar-refractivity contribution in [1.29, 1.82) is 0 Å². The third kappa shape index (κ3) is 2.79. The van der Waals surface area contributed by atoms with E-state index in [1.54, 1.807) is 12.3 Å². The number of aromatic nitrogens is 1. The monoisotopic (exact) mass is 275 g/mol. The van der Waals surface area contributed by atoms with Crippen LogP contribution < -0.4 is 0 Å². The van der Waals surface area contributed by atoms with Crippen LogP contribution in [-0.2, 0) is 0 Å². The Bertz CT molecular complexity index is 720. The Morgan fingerprint density at radius 3 is 2.24 bits per heavy atom. The molecule has 0 fully saturated rings. The molecular formula is C19H17NO. The molecule has 1 heterocycles. The van der Waals surface area contributed by atoms with Crippen LogP contribution in [0, 0.1) is 6.92 Å². The van der Waals surface area contributed by atoms with E-state index in [4.69, 9.17) is 0 Å². The molecule has 1 atom stereocenters. The fourth-order valence-electron chi connectivity index (χ4n) is 2.55. The zero-order valence-electron chi connectivity index (χ0n) is 11.9. The van der Waals surface area contributed by atoms with Gasteiger partial charge in [0.15, 0.2) is 0 Å². The molecule has 0 amide bonds. The number of hydrogen-bond donors (Lipinski definition) is 1. The number of nitrogens with zero attached hydrogens (tertiary/aromatic N) is 1. The van der Waals surface area contributed by atoms with Gasteiger partial charge in [-0.3, -0.25) is 4.98 Å². The summed E-state index contributed by atoms with van der Waals surface area (Å²) in [5.41, 5.74) is 4.15. The summed E-state index contributed by atoms with van der Waals surface area (Å²) in [5, 5.41) is 10.2. The van der Waals surface area contributed by atoms with Crippen molar-refractivity contribution in [2.45, 2.75) is 12.8 Å². The molecule has 0 saturated carbocycles. The fraction of sp³-hybridized carbons (Fsp3) is 0.105. The SMILES string of the molecule is Cc1ccc(C(c2ccccn2)c2ccccc2O)cc1. The van der Waals surface area contributed by atoms with Crippen LogP contribution in [0.4, 0.5) is 0 Å². The van der Waals surface area contributed by atoms with E-state index in [-0.39, 0.29) is 5.92 Å². The average molecular weight is 275 g/mol. The lowest BCUT2D eigenvalue weighted by atomic mass is 9.87. The Kier molecular flexibility index (Phi) is 3.69. The molecule has 3 aromatic rings. The van der Waals surface area contributed by atoms with Gasteiger partial charge >= 0.3 is 0 Å². The van der Waals surface area contributed by atoms with Crippen molar-refractivity contribution in [3.8, 4) is 5.75 Å². The zero-order chi connectivity index (χ0) is 14.7. The quantitative estimate of drug-likeness (QED) is 0.774. The Hall–Kier alpha value is -2.61. The summed E-state index contributed by atoms with van der Waals surface area (Å²) in [7, 11) is 0. The summed E-state index contributed by atoms with van der Waals surface area (Å²) < 4.78 is 0. The van der Waals surface area contributed by atoms with E-state index >= 15 is 0 Å². The Morgan fingerprint density at radius 1 is 0.857 bits per heavy atom. The van der Waals surface area contributed by atoms with Gasteiger partial charge in [0.05, 0.1) is 11.6 Å². The maximum absolute atomic E-state index is 10.2. The van der Waals surface area contributed by atoms with Gasteiger partial charge < -0.3 is 5.11 Å². The molecule has 1 aromatic heterocycles. The average Bonchev–Trinajstić information content (AvgIpc) is 2.52. The summed E-state index contributed by atoms with van der Waals surface area (Å²) in [4.78, 5) is 4.48. The molecule has 3 rings (SSSR count). The maximum atomic E-state index is 10.2. The number of rotatable bonds is 3. The first kappa shape index (κ1) is 13.4. The van der Waals surface area contributed by atoms with Gasteiger partial charge in [-0.15, -0.1) is 0 Å². The number of benzene rings is 2. The van der Waals surface area contributed by atoms with Crippen LogP contribution >= 0.6 is 0 Å². The number of aryl methyl sites for hydroxylation is 1. The second kappa shape index (κ2) is 5.80. The van der Waals surface area contributed by atoms with Gasteiger partial charge in [-0.05, 0) is 30.7 Å². The molecule has 0 aliphatic heterocycles. The molecule has 0 bridgehead atoms. The van der Waals surface area contributed by atoms with Crippen molar-refractivity contribution in [3.05, 3.63) is 95.3 Å². The minimum absolute atomic E-state index is 0.0620. The van der Waals surface area contributed by atoms with E-state index < -0.39 is 0 Å². The van der Waals surface area contributed by atoms with Crippen molar-refractivity contribution in [3.63, 3.8) is 0 Å². The van der Waals surface area contributed by atoms with Crippen LogP contribution in [0.1, 0.15) is 28.3 Å². The Balaban J connectivity index is 2.16. The molecule has 0 aliphatic rings. The van der Waals surface area contributed by atoms with Crippen LogP contribution in [-0.4, -0.2) is 10.1 Å². The maximum Gasteiger partial charge on any atom is 0.119 e. The van der Waals surface area contributed by atoms with Crippen LogP contribution in [0.3, 0.4) is 0 Å². The normalized spacial score (nSPS) is 12.0. The number of phenolic OH excluding ortho intramolecular Hbond substituents is 1. The highest BCUT2D eigenvalue weighted by molar-refractivity contribution is 5.47. The highest BCUT2D eigenvalue weighted by Gasteiger charge is 2.20. The van der Waals surface area contributed by atoms with Gasteiger partial charge in [0.1, 0.15) is 5.75 Å². The van der Waals surface area contributed by atoms with Crippen molar-refractivity contribution in [1.82, 2.24) is 4.98 Å². The second-order valence-electron chi connectivity index (χ2n) is 5.16.